The van der Waals surface area contributed by atoms with Gasteiger partial charge < -0.3 is 19.7 Å². The van der Waals surface area contributed by atoms with E-state index < -0.39 is 12.0 Å². The number of pyridine rings is 1. The van der Waals surface area contributed by atoms with Gasteiger partial charge in [-0.3, -0.25) is 4.79 Å². The number of ether oxygens (including phenoxy) is 2. The maximum atomic E-state index is 13.1. The van der Waals surface area contributed by atoms with Gasteiger partial charge in [0.2, 0.25) is 11.7 Å². The van der Waals surface area contributed by atoms with Crippen molar-refractivity contribution in [3.63, 3.8) is 0 Å². The van der Waals surface area contributed by atoms with Crippen molar-refractivity contribution in [2.24, 2.45) is 7.05 Å². The number of amides is 1. The van der Waals surface area contributed by atoms with Gasteiger partial charge >= 0.3 is 6.18 Å². The largest absolute Gasteiger partial charge is 0.497 e. The van der Waals surface area contributed by atoms with E-state index in [1.807, 2.05) is 12.1 Å². The van der Waals surface area contributed by atoms with Crippen LogP contribution in [0.1, 0.15) is 23.5 Å². The number of aryl methyl sites for hydroxylation is 2. The summed E-state index contributed by atoms with van der Waals surface area (Å²) in [5, 5.41) is 7.21. The number of hydrogen-bond acceptors (Lipinski definition) is 7. The number of carbonyl (C=O) groups excluding carboxylic acids is 1. The van der Waals surface area contributed by atoms with E-state index in [4.69, 9.17) is 9.47 Å². The van der Waals surface area contributed by atoms with Crippen molar-refractivity contribution in [2.45, 2.75) is 32.0 Å². The van der Waals surface area contributed by atoms with Crippen LogP contribution >= 0.6 is 0 Å². The standard InChI is InChI=1S/C24H27F3N6O3/c1-14-19(22-30-23(24(25,26)27)32(2)31-22)5-6-20(28-14)29-16-7-8-33(13-16)21(34)11-15-9-17(35-3)12-18(10-15)36-4/h5-6,9-10,12,16H,7-8,11,13H2,1-4H3,(H,28,29)/t16-/m0/s1. The van der Waals surface area contributed by atoms with Crippen LogP contribution in [0.5, 0.6) is 11.5 Å². The molecule has 1 atom stereocenters. The predicted octanol–water partition coefficient (Wildman–Crippen LogP) is 3.48. The van der Waals surface area contributed by atoms with Gasteiger partial charge in [0.1, 0.15) is 17.3 Å². The highest BCUT2D eigenvalue weighted by atomic mass is 19.4. The number of anilines is 1. The Kier molecular flexibility index (Phi) is 7.04. The fourth-order valence-corrected chi connectivity index (χ4v) is 4.19. The predicted molar refractivity (Wildman–Crippen MR) is 126 cm³/mol. The van der Waals surface area contributed by atoms with Gasteiger partial charge in [-0.1, -0.05) is 0 Å². The van der Waals surface area contributed by atoms with E-state index >= 15 is 0 Å². The summed E-state index contributed by atoms with van der Waals surface area (Å²) < 4.78 is 50.4. The first-order chi connectivity index (χ1) is 17.1. The molecule has 1 amide bonds. The summed E-state index contributed by atoms with van der Waals surface area (Å²) in [5.74, 6) is 0.711. The number of nitrogens with one attached hydrogen (secondary N) is 1. The Morgan fingerprint density at radius 3 is 2.42 bits per heavy atom. The summed E-state index contributed by atoms with van der Waals surface area (Å²) in [6.07, 6.45) is -3.62. The topological polar surface area (TPSA) is 94.4 Å². The third-order valence-corrected chi connectivity index (χ3v) is 6.00. The molecule has 1 saturated heterocycles. The Hall–Kier alpha value is -3.83. The van der Waals surface area contributed by atoms with Gasteiger partial charge in [-0.15, -0.1) is 0 Å². The molecular formula is C24H27F3N6O3. The fraction of sp³-hybridized carbons (Fsp3) is 0.417. The average Bonchev–Trinajstić information content (AvgIpc) is 3.45. The monoisotopic (exact) mass is 504 g/mol. The molecule has 0 unspecified atom stereocenters. The maximum absolute atomic E-state index is 13.1. The van der Waals surface area contributed by atoms with E-state index in [1.165, 1.54) is 7.05 Å². The summed E-state index contributed by atoms with van der Waals surface area (Å²) in [6.45, 7) is 2.81. The second-order valence-corrected chi connectivity index (χ2v) is 8.58. The lowest BCUT2D eigenvalue weighted by Crippen LogP contribution is -2.32. The maximum Gasteiger partial charge on any atom is 0.451 e. The van der Waals surface area contributed by atoms with Gasteiger partial charge in [0.25, 0.3) is 0 Å². The van der Waals surface area contributed by atoms with Crippen molar-refractivity contribution < 1.29 is 27.4 Å². The quantitative estimate of drug-likeness (QED) is 0.527. The van der Waals surface area contributed by atoms with E-state index in [0.717, 1.165) is 12.0 Å². The van der Waals surface area contributed by atoms with Crippen molar-refractivity contribution in [3.05, 3.63) is 47.4 Å². The van der Waals surface area contributed by atoms with Gasteiger partial charge in [-0.25, -0.2) is 14.6 Å². The third kappa shape index (κ3) is 5.52. The van der Waals surface area contributed by atoms with Crippen molar-refractivity contribution in [3.8, 4) is 22.9 Å². The first kappa shape index (κ1) is 25.3. The molecule has 9 nitrogen and oxygen atoms in total. The number of carbonyl (C=O) groups is 1. The smallest absolute Gasteiger partial charge is 0.451 e. The molecule has 3 aromatic rings. The number of benzene rings is 1. The Bertz CT molecular complexity index is 1240. The zero-order valence-corrected chi connectivity index (χ0v) is 20.4. The van der Waals surface area contributed by atoms with E-state index in [-0.39, 0.29) is 24.2 Å². The molecular weight excluding hydrogens is 477 g/mol. The number of rotatable bonds is 7. The molecule has 1 aliphatic rings. The highest BCUT2D eigenvalue weighted by molar-refractivity contribution is 5.79. The minimum atomic E-state index is -4.59. The molecule has 0 bridgehead atoms. The van der Waals surface area contributed by atoms with Crippen LogP contribution in [0.15, 0.2) is 30.3 Å². The Morgan fingerprint density at radius 1 is 1.14 bits per heavy atom. The van der Waals surface area contributed by atoms with E-state index in [1.54, 1.807) is 44.2 Å². The highest BCUT2D eigenvalue weighted by Crippen LogP contribution is 2.30. The van der Waals surface area contributed by atoms with Crippen LogP contribution in [-0.4, -0.2) is 63.9 Å². The van der Waals surface area contributed by atoms with Crippen LogP contribution in [0.4, 0.5) is 19.0 Å². The van der Waals surface area contributed by atoms with Crippen molar-refractivity contribution >= 4 is 11.7 Å². The molecule has 1 fully saturated rings. The second-order valence-electron chi connectivity index (χ2n) is 8.58. The minimum Gasteiger partial charge on any atom is -0.497 e. The molecule has 4 rings (SSSR count). The van der Waals surface area contributed by atoms with E-state index in [0.29, 0.717) is 46.3 Å². The van der Waals surface area contributed by atoms with Gasteiger partial charge in [0.05, 0.1) is 26.3 Å². The highest BCUT2D eigenvalue weighted by Gasteiger charge is 2.37. The molecule has 12 heteroatoms. The summed E-state index contributed by atoms with van der Waals surface area (Å²) in [6, 6.07) is 8.70. The van der Waals surface area contributed by atoms with Gasteiger partial charge in [-0.2, -0.15) is 18.3 Å². The zero-order chi connectivity index (χ0) is 26.0. The molecule has 0 spiro atoms. The van der Waals surface area contributed by atoms with Gasteiger partial charge in [0, 0.05) is 37.8 Å². The lowest BCUT2D eigenvalue weighted by Gasteiger charge is -2.18. The molecule has 192 valence electrons. The number of likely N-dealkylation sites (tertiary alicyclic amines) is 1. The fourth-order valence-electron chi connectivity index (χ4n) is 4.19. The average molecular weight is 505 g/mol. The van der Waals surface area contributed by atoms with Crippen LogP contribution in [0.2, 0.25) is 0 Å². The van der Waals surface area contributed by atoms with Crippen LogP contribution in [0.3, 0.4) is 0 Å². The van der Waals surface area contributed by atoms with Crippen LogP contribution < -0.4 is 14.8 Å². The number of halogens is 3. The molecule has 3 heterocycles. The number of nitrogens with zero attached hydrogens (tertiary/aromatic N) is 5. The first-order valence-corrected chi connectivity index (χ1v) is 11.3. The van der Waals surface area contributed by atoms with Crippen molar-refractivity contribution in [2.75, 3.05) is 32.6 Å². The molecule has 2 aromatic heterocycles. The minimum absolute atomic E-state index is 0.00338. The Labute approximate surface area is 206 Å². The molecule has 0 radical (unpaired) electrons. The zero-order valence-electron chi connectivity index (χ0n) is 20.4. The van der Waals surface area contributed by atoms with E-state index in [9.17, 15) is 18.0 Å². The number of hydrogen-bond donors (Lipinski definition) is 1. The molecule has 0 aliphatic carbocycles. The van der Waals surface area contributed by atoms with Crippen molar-refractivity contribution in [1.82, 2.24) is 24.6 Å². The number of alkyl halides is 3. The summed E-state index contributed by atoms with van der Waals surface area (Å²) in [5.41, 5.74) is 1.72. The van der Waals surface area contributed by atoms with Crippen LogP contribution in [-0.2, 0) is 24.4 Å². The molecule has 1 N–H and O–H groups in total. The third-order valence-electron chi connectivity index (χ3n) is 6.00. The van der Waals surface area contributed by atoms with Gasteiger partial charge in [-0.05, 0) is 43.2 Å². The molecule has 1 aromatic carbocycles. The van der Waals surface area contributed by atoms with Crippen LogP contribution in [0, 0.1) is 6.92 Å². The van der Waals surface area contributed by atoms with Crippen molar-refractivity contribution in [1.29, 1.82) is 0 Å². The lowest BCUT2D eigenvalue weighted by atomic mass is 10.1. The van der Waals surface area contributed by atoms with Crippen LogP contribution in [0.25, 0.3) is 11.4 Å². The molecule has 1 aliphatic heterocycles. The summed E-state index contributed by atoms with van der Waals surface area (Å²) in [7, 11) is 4.33. The number of aromatic nitrogens is 4. The number of methoxy groups -OCH3 is 2. The summed E-state index contributed by atoms with van der Waals surface area (Å²) >= 11 is 0. The normalized spacial score (nSPS) is 15.8. The Balaban J connectivity index is 1.39. The summed E-state index contributed by atoms with van der Waals surface area (Å²) in [4.78, 5) is 22.8. The first-order valence-electron chi connectivity index (χ1n) is 11.3. The van der Waals surface area contributed by atoms with E-state index in [2.05, 4.69) is 20.4 Å². The Morgan fingerprint density at radius 2 is 1.83 bits per heavy atom. The van der Waals surface area contributed by atoms with Gasteiger partial charge in [0.15, 0.2) is 5.82 Å². The molecule has 36 heavy (non-hydrogen) atoms. The SMILES string of the molecule is COc1cc(CC(=O)N2CC[C@H](Nc3ccc(-c4nc(C(F)(F)F)n(C)n4)c(C)n3)C2)cc(OC)c1. The lowest BCUT2D eigenvalue weighted by molar-refractivity contribution is -0.147. The molecule has 0 saturated carbocycles. The second kappa shape index (κ2) is 10.0.